The van der Waals surface area contributed by atoms with Crippen molar-refractivity contribution in [3.05, 3.63) is 130 Å². The zero-order valence-electron chi connectivity index (χ0n) is 26.2. The summed E-state index contributed by atoms with van der Waals surface area (Å²) in [6, 6.07) is 31.3. The summed E-state index contributed by atoms with van der Waals surface area (Å²) in [5.41, 5.74) is 6.77. The van der Waals surface area contributed by atoms with Gasteiger partial charge in [-0.25, -0.2) is 0 Å². The number of rotatable bonds is 8. The summed E-state index contributed by atoms with van der Waals surface area (Å²) in [5, 5.41) is 9.56. The Morgan fingerprint density at radius 3 is 2.07 bits per heavy atom. The minimum absolute atomic E-state index is 0.0119. The standard InChI is InChI=1S/C39H40N2O5/c1-26-35(24-40-20-5-2-6-21-40)45-39(46-36(26)30-14-12-27(25-42)13-15-30)31-18-16-29(17-19-31)32-9-7-8-28(22-32)23-41-37(43)33-10-3-4-11-34(33)38(41)44/h3-4,7-19,22,26,35-36,39,42H,2,5-6,20-21,23-25H2,1H3/t26-,35+,36+,39+/m0/s1. The van der Waals surface area contributed by atoms with Gasteiger partial charge in [0.2, 0.25) is 0 Å². The number of imide groups is 1. The quantitative estimate of drug-likeness (QED) is 0.217. The zero-order chi connectivity index (χ0) is 31.6. The Kier molecular flexibility index (Phi) is 8.82. The Morgan fingerprint density at radius 2 is 1.39 bits per heavy atom. The van der Waals surface area contributed by atoms with Crippen LogP contribution in [0.25, 0.3) is 11.1 Å². The first-order valence-corrected chi connectivity index (χ1v) is 16.4. The fourth-order valence-corrected chi connectivity index (χ4v) is 6.97. The summed E-state index contributed by atoms with van der Waals surface area (Å²) in [4.78, 5) is 29.7. The number of piperidine rings is 1. The molecule has 0 radical (unpaired) electrons. The van der Waals surface area contributed by atoms with Crippen molar-refractivity contribution in [2.24, 2.45) is 5.92 Å². The fourth-order valence-electron chi connectivity index (χ4n) is 6.97. The van der Waals surface area contributed by atoms with E-state index in [-0.39, 0.29) is 43.1 Å². The molecule has 7 heteroatoms. The number of aliphatic hydroxyl groups is 1. The summed E-state index contributed by atoms with van der Waals surface area (Å²) in [5.74, 6) is -0.348. The third-order valence-electron chi connectivity index (χ3n) is 9.67. The summed E-state index contributed by atoms with van der Waals surface area (Å²) in [6.07, 6.45) is 3.11. The number of fused-ring (bicyclic) bond motifs is 1. The zero-order valence-corrected chi connectivity index (χ0v) is 26.2. The van der Waals surface area contributed by atoms with E-state index in [4.69, 9.17) is 9.47 Å². The number of amides is 2. The molecule has 0 spiro atoms. The molecule has 1 N–H and O–H groups in total. The molecular weight excluding hydrogens is 576 g/mol. The van der Waals surface area contributed by atoms with Crippen molar-refractivity contribution >= 4 is 11.8 Å². The van der Waals surface area contributed by atoms with Crippen molar-refractivity contribution in [3.8, 4) is 11.1 Å². The summed E-state index contributed by atoms with van der Waals surface area (Å²) in [7, 11) is 0. The van der Waals surface area contributed by atoms with Gasteiger partial charge in [0.15, 0.2) is 6.29 Å². The van der Waals surface area contributed by atoms with Crippen LogP contribution >= 0.6 is 0 Å². The van der Waals surface area contributed by atoms with Crippen molar-refractivity contribution in [2.45, 2.75) is 57.8 Å². The Balaban J connectivity index is 1.10. The highest BCUT2D eigenvalue weighted by Gasteiger charge is 2.39. The third-order valence-corrected chi connectivity index (χ3v) is 9.67. The van der Waals surface area contributed by atoms with Gasteiger partial charge < -0.3 is 19.5 Å². The largest absolute Gasteiger partial charge is 0.392 e. The second kappa shape index (κ2) is 13.3. The first-order valence-electron chi connectivity index (χ1n) is 16.4. The van der Waals surface area contributed by atoms with Crippen molar-refractivity contribution in [1.29, 1.82) is 0 Å². The molecule has 3 aliphatic rings. The maximum atomic E-state index is 12.9. The van der Waals surface area contributed by atoms with Crippen LogP contribution in [0.4, 0.5) is 0 Å². The van der Waals surface area contributed by atoms with Crippen LogP contribution in [0.2, 0.25) is 0 Å². The summed E-state index contributed by atoms with van der Waals surface area (Å²) in [6.45, 7) is 5.54. The van der Waals surface area contributed by atoms with Crippen molar-refractivity contribution in [2.75, 3.05) is 19.6 Å². The molecule has 4 aromatic carbocycles. The molecule has 7 rings (SSSR count). The highest BCUT2D eigenvalue weighted by atomic mass is 16.7. The molecule has 0 unspecified atom stereocenters. The molecule has 46 heavy (non-hydrogen) atoms. The normalized spacial score (nSPS) is 23.5. The van der Waals surface area contributed by atoms with Gasteiger partial charge in [-0.15, -0.1) is 0 Å². The van der Waals surface area contributed by atoms with E-state index in [1.165, 1.54) is 24.2 Å². The molecular formula is C39H40N2O5. The smallest absolute Gasteiger partial charge is 0.261 e. The lowest BCUT2D eigenvalue weighted by molar-refractivity contribution is -0.276. The lowest BCUT2D eigenvalue weighted by Gasteiger charge is -2.43. The predicted molar refractivity (Wildman–Crippen MR) is 176 cm³/mol. The molecule has 0 bridgehead atoms. The Labute approximate surface area is 270 Å². The number of ether oxygens (including phenoxy) is 2. The molecule has 236 valence electrons. The highest BCUT2D eigenvalue weighted by Crippen LogP contribution is 2.42. The maximum absolute atomic E-state index is 12.9. The Morgan fingerprint density at radius 1 is 0.717 bits per heavy atom. The molecule has 4 aromatic rings. The van der Waals surface area contributed by atoms with Gasteiger partial charge in [0.05, 0.1) is 36.5 Å². The summed E-state index contributed by atoms with van der Waals surface area (Å²) < 4.78 is 13.4. The number of nitrogens with zero attached hydrogens (tertiary/aromatic N) is 2. The van der Waals surface area contributed by atoms with Crippen molar-refractivity contribution < 1.29 is 24.2 Å². The average molecular weight is 617 g/mol. The predicted octanol–water partition coefficient (Wildman–Crippen LogP) is 6.92. The molecule has 7 nitrogen and oxygen atoms in total. The number of aliphatic hydroxyl groups excluding tert-OH is 1. The molecule has 3 heterocycles. The molecule has 0 saturated carbocycles. The van der Waals surface area contributed by atoms with Gasteiger partial charge in [-0.05, 0) is 71.9 Å². The van der Waals surface area contributed by atoms with Crippen molar-refractivity contribution in [3.63, 3.8) is 0 Å². The first-order chi connectivity index (χ1) is 22.5. The topological polar surface area (TPSA) is 79.3 Å². The van der Waals surface area contributed by atoms with Crippen LogP contribution in [0.5, 0.6) is 0 Å². The van der Waals surface area contributed by atoms with Crippen LogP contribution in [-0.2, 0) is 22.6 Å². The Hall–Kier alpha value is -4.14. The van der Waals surface area contributed by atoms with Crippen LogP contribution in [0.1, 0.15) is 81.5 Å². The number of likely N-dealkylation sites (tertiary alicyclic amines) is 1. The minimum atomic E-state index is -0.511. The second-order valence-corrected chi connectivity index (χ2v) is 12.7. The van der Waals surface area contributed by atoms with Crippen molar-refractivity contribution in [1.82, 2.24) is 9.80 Å². The molecule has 2 fully saturated rings. The van der Waals surface area contributed by atoms with E-state index in [0.29, 0.717) is 11.1 Å². The average Bonchev–Trinajstić information content (AvgIpc) is 3.34. The van der Waals surface area contributed by atoms with Crippen LogP contribution in [0, 0.1) is 5.92 Å². The van der Waals surface area contributed by atoms with E-state index < -0.39 is 6.29 Å². The number of carbonyl (C=O) groups is 2. The van der Waals surface area contributed by atoms with Gasteiger partial charge >= 0.3 is 0 Å². The molecule has 0 aromatic heterocycles. The SMILES string of the molecule is C[C@H]1[C@@H](CN2CCCCC2)O[C@@H](c2ccc(-c3cccc(CN4C(=O)c5ccccc5C4=O)c3)cc2)O[C@H]1c1ccc(CO)cc1. The monoisotopic (exact) mass is 616 g/mol. The van der Waals surface area contributed by atoms with Gasteiger partial charge in [-0.3, -0.25) is 14.5 Å². The van der Waals surface area contributed by atoms with Crippen LogP contribution in [-0.4, -0.2) is 52.5 Å². The van der Waals surface area contributed by atoms with Crippen LogP contribution < -0.4 is 0 Å². The van der Waals surface area contributed by atoms with Crippen LogP contribution in [0.15, 0.2) is 97.1 Å². The highest BCUT2D eigenvalue weighted by molar-refractivity contribution is 6.21. The number of carbonyl (C=O) groups excluding carboxylic acids is 2. The van der Waals surface area contributed by atoms with Gasteiger partial charge in [0, 0.05) is 18.0 Å². The lowest BCUT2D eigenvalue weighted by atomic mass is 9.89. The Bertz CT molecular complexity index is 1660. The number of benzene rings is 4. The maximum Gasteiger partial charge on any atom is 0.261 e. The van der Waals surface area contributed by atoms with E-state index in [1.54, 1.807) is 24.3 Å². The van der Waals surface area contributed by atoms with E-state index >= 15 is 0 Å². The molecule has 4 atom stereocenters. The third kappa shape index (κ3) is 6.16. The van der Waals surface area contributed by atoms with Crippen LogP contribution in [0.3, 0.4) is 0 Å². The lowest BCUT2D eigenvalue weighted by Crippen LogP contribution is -2.45. The summed E-state index contributed by atoms with van der Waals surface area (Å²) >= 11 is 0. The van der Waals surface area contributed by atoms with E-state index in [0.717, 1.165) is 53.0 Å². The number of hydrogen-bond donors (Lipinski definition) is 1. The van der Waals surface area contributed by atoms with Gasteiger partial charge in [-0.1, -0.05) is 92.2 Å². The number of hydrogen-bond acceptors (Lipinski definition) is 6. The van der Waals surface area contributed by atoms with E-state index in [9.17, 15) is 14.7 Å². The molecule has 0 aliphatic carbocycles. The van der Waals surface area contributed by atoms with Gasteiger partial charge in [0.1, 0.15) is 0 Å². The molecule has 2 amide bonds. The first kappa shape index (κ1) is 30.5. The second-order valence-electron chi connectivity index (χ2n) is 12.7. The minimum Gasteiger partial charge on any atom is -0.392 e. The molecule has 3 aliphatic heterocycles. The molecule has 2 saturated heterocycles. The van der Waals surface area contributed by atoms with Gasteiger partial charge in [0.25, 0.3) is 11.8 Å². The van der Waals surface area contributed by atoms with E-state index in [1.807, 2.05) is 36.4 Å². The fraction of sp³-hybridized carbons (Fsp3) is 0.333. The van der Waals surface area contributed by atoms with E-state index in [2.05, 4.69) is 48.2 Å². The van der Waals surface area contributed by atoms with Gasteiger partial charge in [-0.2, -0.15) is 0 Å².